The molecule has 64 valence electrons. The van der Waals surface area contributed by atoms with E-state index in [1.165, 1.54) is 0 Å². The van der Waals surface area contributed by atoms with Crippen molar-refractivity contribution in [2.75, 3.05) is 0 Å². The predicted octanol–water partition coefficient (Wildman–Crippen LogP) is 1.32. The third kappa shape index (κ3) is 1.81. The van der Waals surface area contributed by atoms with Crippen molar-refractivity contribution in [3.63, 3.8) is 0 Å². The standard InChI is InChI=1S/C9H13N2O/c1-3-5-10-6-7-11(8-10)9(12)4-2/h3,5-8H,4H2,1-2H3/q+1. The van der Waals surface area contributed by atoms with Crippen LogP contribution in [0, 0.1) is 0 Å². The summed E-state index contributed by atoms with van der Waals surface area (Å²) < 4.78 is 3.42. The summed E-state index contributed by atoms with van der Waals surface area (Å²) >= 11 is 0. The van der Waals surface area contributed by atoms with Crippen molar-refractivity contribution in [2.24, 2.45) is 0 Å². The van der Waals surface area contributed by atoms with Gasteiger partial charge in [-0.05, 0) is 13.0 Å². The normalized spacial score (nSPS) is 10.8. The second-order valence-electron chi connectivity index (χ2n) is 2.50. The van der Waals surface area contributed by atoms with Gasteiger partial charge in [-0.3, -0.25) is 0 Å². The first-order valence-electron chi connectivity index (χ1n) is 4.02. The first kappa shape index (κ1) is 8.71. The van der Waals surface area contributed by atoms with Crippen molar-refractivity contribution in [2.45, 2.75) is 20.3 Å². The molecule has 0 unspecified atom stereocenters. The van der Waals surface area contributed by atoms with Crippen LogP contribution < -0.4 is 4.57 Å². The van der Waals surface area contributed by atoms with E-state index in [0.29, 0.717) is 6.42 Å². The molecule has 0 saturated heterocycles. The highest BCUT2D eigenvalue weighted by atomic mass is 16.2. The molecule has 0 atom stereocenters. The Kier molecular flexibility index (Phi) is 2.80. The van der Waals surface area contributed by atoms with Crippen LogP contribution in [-0.4, -0.2) is 10.5 Å². The SMILES string of the molecule is CC=C[n+]1ccn(C(=O)CC)c1. The van der Waals surface area contributed by atoms with Crippen LogP contribution in [-0.2, 0) is 0 Å². The van der Waals surface area contributed by atoms with Crippen LogP contribution in [0.25, 0.3) is 6.20 Å². The predicted molar refractivity (Wildman–Crippen MR) is 46.5 cm³/mol. The van der Waals surface area contributed by atoms with Crippen LogP contribution in [0.5, 0.6) is 0 Å². The Morgan fingerprint density at radius 1 is 1.67 bits per heavy atom. The first-order chi connectivity index (χ1) is 5.77. The van der Waals surface area contributed by atoms with Gasteiger partial charge in [-0.15, -0.1) is 0 Å². The highest BCUT2D eigenvalue weighted by Crippen LogP contribution is 1.88. The van der Waals surface area contributed by atoms with Gasteiger partial charge in [-0.1, -0.05) is 6.92 Å². The number of imidazole rings is 1. The van der Waals surface area contributed by atoms with Gasteiger partial charge in [0.2, 0.25) is 0 Å². The summed E-state index contributed by atoms with van der Waals surface area (Å²) in [6.07, 6.45) is 9.69. The molecule has 0 aliphatic carbocycles. The summed E-state index contributed by atoms with van der Waals surface area (Å²) in [6, 6.07) is 0. The molecule has 0 aliphatic heterocycles. The zero-order chi connectivity index (χ0) is 8.97. The molecule has 0 N–H and O–H groups in total. The molecule has 3 heteroatoms. The number of carbonyl (C=O) groups is 1. The number of carbonyl (C=O) groups excluding carboxylic acids is 1. The van der Waals surface area contributed by atoms with E-state index in [1.807, 2.05) is 36.9 Å². The van der Waals surface area contributed by atoms with Gasteiger partial charge in [-0.2, -0.15) is 4.57 Å². The third-order valence-electron chi connectivity index (χ3n) is 1.57. The number of allylic oxidation sites excluding steroid dienone is 1. The Labute approximate surface area is 71.9 Å². The van der Waals surface area contributed by atoms with Crippen molar-refractivity contribution < 1.29 is 9.36 Å². The molecule has 0 amide bonds. The maximum atomic E-state index is 11.2. The van der Waals surface area contributed by atoms with Crippen LogP contribution >= 0.6 is 0 Å². The molecule has 1 heterocycles. The lowest BCUT2D eigenvalue weighted by molar-refractivity contribution is -0.567. The average molecular weight is 165 g/mol. The molecule has 0 aromatic carbocycles. The van der Waals surface area contributed by atoms with Crippen molar-refractivity contribution in [3.05, 3.63) is 24.8 Å². The van der Waals surface area contributed by atoms with E-state index in [2.05, 4.69) is 0 Å². The van der Waals surface area contributed by atoms with E-state index in [0.717, 1.165) is 0 Å². The van der Waals surface area contributed by atoms with E-state index in [4.69, 9.17) is 0 Å². The fraction of sp³-hybridized carbons (Fsp3) is 0.333. The van der Waals surface area contributed by atoms with Crippen molar-refractivity contribution in [3.8, 4) is 0 Å². The van der Waals surface area contributed by atoms with Gasteiger partial charge in [0.15, 0.2) is 0 Å². The van der Waals surface area contributed by atoms with Crippen LogP contribution in [0.4, 0.5) is 0 Å². The number of hydrogen-bond donors (Lipinski definition) is 0. The summed E-state index contributed by atoms with van der Waals surface area (Å²) in [6.45, 7) is 3.79. The second-order valence-corrected chi connectivity index (χ2v) is 2.50. The molecular formula is C9H13N2O+. The molecule has 0 spiro atoms. The quantitative estimate of drug-likeness (QED) is 0.607. The van der Waals surface area contributed by atoms with Gasteiger partial charge < -0.3 is 0 Å². The topological polar surface area (TPSA) is 25.9 Å². The molecule has 0 aliphatic rings. The fourth-order valence-electron chi connectivity index (χ4n) is 0.960. The molecule has 1 aromatic rings. The number of nitrogens with zero attached hydrogens (tertiary/aromatic N) is 2. The molecule has 1 aromatic heterocycles. The van der Waals surface area contributed by atoms with E-state index < -0.39 is 0 Å². The zero-order valence-corrected chi connectivity index (χ0v) is 7.40. The summed E-state index contributed by atoms with van der Waals surface area (Å²) in [5.74, 6) is 0.109. The van der Waals surface area contributed by atoms with Gasteiger partial charge >= 0.3 is 5.91 Å². The Hall–Kier alpha value is -1.38. The molecule has 0 fully saturated rings. The molecule has 0 bridgehead atoms. The zero-order valence-electron chi connectivity index (χ0n) is 7.40. The van der Waals surface area contributed by atoms with Crippen molar-refractivity contribution in [1.82, 2.24) is 4.57 Å². The van der Waals surface area contributed by atoms with Crippen LogP contribution in [0.3, 0.4) is 0 Å². The molecule has 3 nitrogen and oxygen atoms in total. The number of aromatic nitrogens is 2. The Morgan fingerprint density at radius 2 is 2.42 bits per heavy atom. The molecule has 0 saturated carbocycles. The van der Waals surface area contributed by atoms with E-state index >= 15 is 0 Å². The summed E-state index contributed by atoms with van der Waals surface area (Å²) in [4.78, 5) is 11.2. The number of rotatable bonds is 2. The summed E-state index contributed by atoms with van der Waals surface area (Å²) in [5, 5.41) is 0. The van der Waals surface area contributed by atoms with Gasteiger partial charge in [0.05, 0.1) is 6.20 Å². The Morgan fingerprint density at radius 3 is 3.00 bits per heavy atom. The van der Waals surface area contributed by atoms with Gasteiger partial charge in [0, 0.05) is 6.42 Å². The highest BCUT2D eigenvalue weighted by Gasteiger charge is 2.07. The average Bonchev–Trinajstić information content (AvgIpc) is 2.52. The molecular weight excluding hydrogens is 152 g/mol. The first-order valence-corrected chi connectivity index (χ1v) is 4.02. The molecule has 0 radical (unpaired) electrons. The minimum Gasteiger partial charge on any atom is -0.246 e. The molecule has 1 rings (SSSR count). The summed E-state index contributed by atoms with van der Waals surface area (Å²) in [5.41, 5.74) is 0. The third-order valence-corrected chi connectivity index (χ3v) is 1.57. The lowest BCUT2D eigenvalue weighted by Crippen LogP contribution is -2.22. The minimum absolute atomic E-state index is 0.109. The fourth-order valence-corrected chi connectivity index (χ4v) is 0.960. The van der Waals surface area contributed by atoms with E-state index in [-0.39, 0.29) is 5.91 Å². The number of hydrogen-bond acceptors (Lipinski definition) is 1. The maximum absolute atomic E-state index is 11.2. The maximum Gasteiger partial charge on any atom is 0.313 e. The highest BCUT2D eigenvalue weighted by molar-refractivity contribution is 5.77. The second kappa shape index (κ2) is 3.85. The minimum atomic E-state index is 0.109. The van der Waals surface area contributed by atoms with Crippen molar-refractivity contribution in [1.29, 1.82) is 0 Å². The van der Waals surface area contributed by atoms with Gasteiger partial charge in [-0.25, -0.2) is 9.36 Å². The van der Waals surface area contributed by atoms with Crippen LogP contribution in [0.1, 0.15) is 25.1 Å². The van der Waals surface area contributed by atoms with Crippen LogP contribution in [0.15, 0.2) is 24.8 Å². The van der Waals surface area contributed by atoms with Gasteiger partial charge in [0.1, 0.15) is 12.4 Å². The largest absolute Gasteiger partial charge is 0.313 e. The summed E-state index contributed by atoms with van der Waals surface area (Å²) in [7, 11) is 0. The Balaban J connectivity index is 2.84. The Bertz CT molecular complexity index is 299. The lowest BCUT2D eigenvalue weighted by atomic mass is 10.4. The van der Waals surface area contributed by atoms with Gasteiger partial charge in [0.25, 0.3) is 6.33 Å². The monoisotopic (exact) mass is 165 g/mol. The lowest BCUT2D eigenvalue weighted by Gasteiger charge is -1.86. The van der Waals surface area contributed by atoms with Crippen LogP contribution in [0.2, 0.25) is 0 Å². The molecule has 12 heavy (non-hydrogen) atoms. The van der Waals surface area contributed by atoms with Crippen molar-refractivity contribution >= 4 is 12.1 Å². The van der Waals surface area contributed by atoms with E-state index in [1.54, 1.807) is 17.1 Å². The van der Waals surface area contributed by atoms with E-state index in [9.17, 15) is 4.79 Å². The smallest absolute Gasteiger partial charge is 0.246 e.